The van der Waals surface area contributed by atoms with Gasteiger partial charge in [0.1, 0.15) is 0 Å². The fourth-order valence-electron chi connectivity index (χ4n) is 1.13. The molecule has 4 heteroatoms. The lowest BCUT2D eigenvalue weighted by atomic mass is 10.1. The molecule has 1 saturated heterocycles. The number of methoxy groups -OCH3 is 1. The first kappa shape index (κ1) is 10.2. The van der Waals surface area contributed by atoms with Gasteiger partial charge < -0.3 is 4.74 Å². The summed E-state index contributed by atoms with van der Waals surface area (Å²) >= 11 is 0. The Morgan fingerprint density at radius 3 is 2.92 bits per heavy atom. The lowest BCUT2D eigenvalue weighted by molar-refractivity contribution is -0.134. The average molecular weight is 185 g/mol. The average Bonchev–Trinajstić information content (AvgIpc) is 2.16. The Morgan fingerprint density at radius 1 is 1.62 bits per heavy atom. The SMILES string of the molecule is COC(=O)/C=C/[C@H]1CC[C@@H](C)ON1. The maximum atomic E-state index is 10.7. The maximum absolute atomic E-state index is 10.7. The van der Waals surface area contributed by atoms with E-state index in [1.807, 2.05) is 6.92 Å². The van der Waals surface area contributed by atoms with Crippen LogP contribution in [0.25, 0.3) is 0 Å². The third-order valence-electron chi connectivity index (χ3n) is 1.97. The number of rotatable bonds is 2. The molecule has 0 aromatic heterocycles. The minimum absolute atomic E-state index is 0.121. The number of hydrogen-bond donors (Lipinski definition) is 1. The van der Waals surface area contributed by atoms with Gasteiger partial charge in [0.2, 0.25) is 0 Å². The van der Waals surface area contributed by atoms with Crippen LogP contribution in [0, 0.1) is 0 Å². The van der Waals surface area contributed by atoms with Gasteiger partial charge >= 0.3 is 5.97 Å². The van der Waals surface area contributed by atoms with Gasteiger partial charge in [-0.3, -0.25) is 4.84 Å². The fraction of sp³-hybridized carbons (Fsp3) is 0.667. The second kappa shape index (κ2) is 4.99. The molecule has 0 unspecified atom stereocenters. The van der Waals surface area contributed by atoms with E-state index in [4.69, 9.17) is 4.84 Å². The van der Waals surface area contributed by atoms with Crippen LogP contribution in [0.3, 0.4) is 0 Å². The number of ether oxygens (including phenoxy) is 1. The van der Waals surface area contributed by atoms with E-state index < -0.39 is 0 Å². The van der Waals surface area contributed by atoms with E-state index in [-0.39, 0.29) is 18.1 Å². The van der Waals surface area contributed by atoms with Crippen LogP contribution in [-0.2, 0) is 14.4 Å². The zero-order valence-electron chi connectivity index (χ0n) is 7.95. The molecule has 0 bridgehead atoms. The fourth-order valence-corrected chi connectivity index (χ4v) is 1.13. The highest BCUT2D eigenvalue weighted by atomic mass is 16.7. The highest BCUT2D eigenvalue weighted by molar-refractivity contribution is 5.81. The highest BCUT2D eigenvalue weighted by Gasteiger charge is 2.15. The van der Waals surface area contributed by atoms with Gasteiger partial charge in [-0.15, -0.1) is 0 Å². The summed E-state index contributed by atoms with van der Waals surface area (Å²) in [5.74, 6) is -0.333. The molecule has 0 saturated carbocycles. The van der Waals surface area contributed by atoms with Gasteiger partial charge in [-0.1, -0.05) is 6.08 Å². The number of carbonyl (C=O) groups excluding carboxylic acids is 1. The Hall–Kier alpha value is -0.870. The molecule has 0 amide bonds. The molecule has 1 N–H and O–H groups in total. The van der Waals surface area contributed by atoms with Gasteiger partial charge in [-0.25, -0.2) is 4.79 Å². The van der Waals surface area contributed by atoms with Crippen LogP contribution in [0.1, 0.15) is 19.8 Å². The molecule has 1 fully saturated rings. The van der Waals surface area contributed by atoms with Crippen LogP contribution in [0.5, 0.6) is 0 Å². The molecule has 1 aliphatic rings. The van der Waals surface area contributed by atoms with E-state index in [1.165, 1.54) is 13.2 Å². The number of hydroxylamine groups is 1. The smallest absolute Gasteiger partial charge is 0.330 e. The Kier molecular flexibility index (Phi) is 3.92. The minimum Gasteiger partial charge on any atom is -0.466 e. The second-order valence-corrected chi connectivity index (χ2v) is 3.11. The molecule has 13 heavy (non-hydrogen) atoms. The van der Waals surface area contributed by atoms with E-state index in [1.54, 1.807) is 6.08 Å². The molecule has 74 valence electrons. The van der Waals surface area contributed by atoms with E-state index in [9.17, 15) is 4.79 Å². The Bertz CT molecular complexity index is 195. The Balaban J connectivity index is 2.29. The van der Waals surface area contributed by atoms with Crippen molar-refractivity contribution in [1.29, 1.82) is 0 Å². The number of nitrogens with one attached hydrogen (secondary N) is 1. The molecule has 0 aliphatic carbocycles. The zero-order valence-corrected chi connectivity index (χ0v) is 7.95. The van der Waals surface area contributed by atoms with Crippen molar-refractivity contribution in [2.75, 3.05) is 7.11 Å². The Labute approximate surface area is 77.9 Å². The largest absolute Gasteiger partial charge is 0.466 e. The Morgan fingerprint density at radius 2 is 2.38 bits per heavy atom. The van der Waals surface area contributed by atoms with Gasteiger partial charge in [0.25, 0.3) is 0 Å². The summed E-state index contributed by atoms with van der Waals surface area (Å²) < 4.78 is 4.47. The predicted molar refractivity (Wildman–Crippen MR) is 47.9 cm³/mol. The monoisotopic (exact) mass is 185 g/mol. The molecular formula is C9H15NO3. The van der Waals surface area contributed by atoms with E-state index in [2.05, 4.69) is 10.2 Å². The normalized spacial score (nSPS) is 29.1. The molecule has 0 aromatic carbocycles. The molecule has 1 rings (SSSR count). The molecule has 0 aromatic rings. The summed E-state index contributed by atoms with van der Waals surface area (Å²) in [6.07, 6.45) is 5.41. The maximum Gasteiger partial charge on any atom is 0.330 e. The first-order chi connectivity index (χ1) is 6.22. The second-order valence-electron chi connectivity index (χ2n) is 3.11. The van der Waals surface area contributed by atoms with Crippen LogP contribution < -0.4 is 5.48 Å². The summed E-state index contributed by atoms with van der Waals surface area (Å²) in [6, 6.07) is 0.121. The molecule has 1 heterocycles. The number of hydrogen-bond acceptors (Lipinski definition) is 4. The van der Waals surface area contributed by atoms with Crippen LogP contribution in [0.15, 0.2) is 12.2 Å². The van der Waals surface area contributed by atoms with Crippen molar-refractivity contribution in [3.05, 3.63) is 12.2 Å². The molecule has 0 radical (unpaired) electrons. The van der Waals surface area contributed by atoms with Crippen LogP contribution in [0.4, 0.5) is 0 Å². The van der Waals surface area contributed by atoms with Gasteiger partial charge in [-0.2, -0.15) is 5.48 Å². The van der Waals surface area contributed by atoms with E-state index >= 15 is 0 Å². The van der Waals surface area contributed by atoms with Crippen molar-refractivity contribution in [3.8, 4) is 0 Å². The van der Waals surface area contributed by atoms with Crippen molar-refractivity contribution in [1.82, 2.24) is 5.48 Å². The number of carbonyl (C=O) groups is 1. The van der Waals surface area contributed by atoms with Gasteiger partial charge in [0.05, 0.1) is 19.3 Å². The summed E-state index contributed by atoms with van der Waals surface area (Å²) in [4.78, 5) is 15.9. The first-order valence-electron chi connectivity index (χ1n) is 4.39. The lowest BCUT2D eigenvalue weighted by Crippen LogP contribution is -2.37. The molecule has 4 nitrogen and oxygen atoms in total. The lowest BCUT2D eigenvalue weighted by Gasteiger charge is -2.25. The van der Waals surface area contributed by atoms with Gasteiger partial charge in [-0.05, 0) is 19.8 Å². The topological polar surface area (TPSA) is 47.6 Å². The van der Waals surface area contributed by atoms with Gasteiger partial charge in [0.15, 0.2) is 0 Å². The van der Waals surface area contributed by atoms with Gasteiger partial charge in [0, 0.05) is 6.08 Å². The highest BCUT2D eigenvalue weighted by Crippen LogP contribution is 2.11. The summed E-state index contributed by atoms with van der Waals surface area (Å²) in [7, 11) is 1.36. The van der Waals surface area contributed by atoms with E-state index in [0.29, 0.717) is 0 Å². The van der Waals surface area contributed by atoms with Crippen LogP contribution >= 0.6 is 0 Å². The third-order valence-corrected chi connectivity index (χ3v) is 1.97. The van der Waals surface area contributed by atoms with Crippen LogP contribution in [-0.4, -0.2) is 25.2 Å². The number of esters is 1. The molecule has 2 atom stereocenters. The third kappa shape index (κ3) is 3.57. The minimum atomic E-state index is -0.333. The quantitative estimate of drug-likeness (QED) is 0.510. The zero-order chi connectivity index (χ0) is 9.68. The van der Waals surface area contributed by atoms with Crippen molar-refractivity contribution in [2.45, 2.75) is 31.9 Å². The van der Waals surface area contributed by atoms with Crippen molar-refractivity contribution >= 4 is 5.97 Å². The van der Waals surface area contributed by atoms with Crippen molar-refractivity contribution in [2.24, 2.45) is 0 Å². The summed E-state index contributed by atoms with van der Waals surface area (Å²) in [5, 5.41) is 0. The van der Waals surface area contributed by atoms with Crippen LogP contribution in [0.2, 0.25) is 0 Å². The standard InChI is InChI=1S/C9H15NO3/c1-7-3-4-8(10-13-7)5-6-9(11)12-2/h5-8,10H,3-4H2,1-2H3/b6-5+/t7-,8-/m1/s1. The summed E-state index contributed by atoms with van der Waals surface area (Å²) in [6.45, 7) is 2.01. The van der Waals surface area contributed by atoms with E-state index in [0.717, 1.165) is 12.8 Å². The molecule has 1 aliphatic heterocycles. The first-order valence-corrected chi connectivity index (χ1v) is 4.39. The molecule has 0 spiro atoms. The summed E-state index contributed by atoms with van der Waals surface area (Å²) in [5.41, 5.74) is 2.85. The van der Waals surface area contributed by atoms with Crippen molar-refractivity contribution < 1.29 is 14.4 Å². The van der Waals surface area contributed by atoms with Crippen molar-refractivity contribution in [3.63, 3.8) is 0 Å². The predicted octanol–water partition coefficient (Wildman–Crippen LogP) is 0.788. The molecular weight excluding hydrogens is 170 g/mol.